The van der Waals surface area contributed by atoms with Crippen molar-refractivity contribution in [3.05, 3.63) is 70.6 Å². The van der Waals surface area contributed by atoms with Gasteiger partial charge in [0.1, 0.15) is 29.8 Å². The Morgan fingerprint density at radius 2 is 1.88 bits per heavy atom. The molecule has 5 nitrogen and oxygen atoms in total. The van der Waals surface area contributed by atoms with Gasteiger partial charge in [-0.3, -0.25) is 5.43 Å². The van der Waals surface area contributed by atoms with E-state index < -0.39 is 11.6 Å². The number of benzene rings is 2. The number of nitrogen functional groups attached to an aromatic ring is 1. The zero-order valence-corrected chi connectivity index (χ0v) is 13.8. The molecule has 0 aliphatic carbocycles. The molecule has 0 fully saturated rings. The van der Waals surface area contributed by atoms with Crippen molar-refractivity contribution >= 4 is 28.5 Å². The van der Waals surface area contributed by atoms with E-state index >= 15 is 0 Å². The lowest BCUT2D eigenvalue weighted by atomic mass is 10.1. The predicted molar refractivity (Wildman–Crippen MR) is 94.9 cm³/mol. The van der Waals surface area contributed by atoms with Gasteiger partial charge >= 0.3 is 0 Å². The lowest BCUT2D eigenvalue weighted by molar-refractivity contribution is 0.302. The molecule has 3 N–H and O–H groups in total. The van der Waals surface area contributed by atoms with Gasteiger partial charge in [0, 0.05) is 23.6 Å². The molecule has 2 aromatic carbocycles. The van der Waals surface area contributed by atoms with E-state index in [4.69, 9.17) is 10.5 Å². The number of ether oxygens (including phenoxy) is 1. The summed E-state index contributed by atoms with van der Waals surface area (Å²) in [4.78, 5) is 4.02. The Hall–Kier alpha value is -3.00. The van der Waals surface area contributed by atoms with Crippen molar-refractivity contribution in [3.8, 4) is 5.75 Å². The number of hydrogen-bond acceptors (Lipinski definition) is 6. The molecular formula is C17H14F2N4OS. The lowest BCUT2D eigenvalue weighted by Crippen LogP contribution is -1.97. The molecule has 0 bridgehead atoms. The molecular weight excluding hydrogens is 346 g/mol. The number of hydrogen-bond donors (Lipinski definition) is 2. The number of nitrogens with one attached hydrogen (secondary N) is 1. The molecule has 0 unspecified atom stereocenters. The first-order valence-electron chi connectivity index (χ1n) is 7.26. The maximum Gasteiger partial charge on any atom is 0.205 e. The number of rotatable bonds is 6. The van der Waals surface area contributed by atoms with Gasteiger partial charge in [0.05, 0.1) is 6.21 Å². The number of aromatic nitrogens is 1. The average Bonchev–Trinajstić information content (AvgIpc) is 2.99. The summed E-state index contributed by atoms with van der Waals surface area (Å²) in [6, 6.07) is 10.5. The third kappa shape index (κ3) is 4.98. The molecule has 0 saturated carbocycles. The first-order chi connectivity index (χ1) is 12.1. The summed E-state index contributed by atoms with van der Waals surface area (Å²) >= 11 is 1.36. The van der Waals surface area contributed by atoms with Crippen LogP contribution in [0.3, 0.4) is 0 Å². The fourth-order valence-corrected chi connectivity index (χ4v) is 2.53. The summed E-state index contributed by atoms with van der Waals surface area (Å²) < 4.78 is 31.6. The molecule has 0 atom stereocenters. The molecule has 3 aromatic rings. The van der Waals surface area contributed by atoms with Crippen LogP contribution in [0, 0.1) is 11.6 Å². The van der Waals surface area contributed by atoms with E-state index in [1.165, 1.54) is 11.3 Å². The number of thiazole rings is 1. The second kappa shape index (κ2) is 7.71. The number of nitrogens with zero attached hydrogens (tertiary/aromatic N) is 2. The van der Waals surface area contributed by atoms with Gasteiger partial charge in [0.25, 0.3) is 0 Å². The minimum atomic E-state index is -0.670. The van der Waals surface area contributed by atoms with Gasteiger partial charge in [-0.05, 0) is 11.1 Å². The summed E-state index contributed by atoms with van der Waals surface area (Å²) in [5.74, 6) is -0.743. The van der Waals surface area contributed by atoms with Crippen LogP contribution in [0.15, 0.2) is 52.9 Å². The van der Waals surface area contributed by atoms with Crippen LogP contribution < -0.4 is 15.9 Å². The zero-order chi connectivity index (χ0) is 17.6. The Kier molecular flexibility index (Phi) is 5.20. The van der Waals surface area contributed by atoms with Crippen molar-refractivity contribution in [3.63, 3.8) is 0 Å². The number of hydrazone groups is 1. The highest BCUT2D eigenvalue weighted by molar-refractivity contribution is 7.14. The minimum absolute atomic E-state index is 0.148. The molecule has 0 amide bonds. The zero-order valence-electron chi connectivity index (χ0n) is 12.9. The molecule has 25 heavy (non-hydrogen) atoms. The van der Waals surface area contributed by atoms with Gasteiger partial charge in [-0.1, -0.05) is 24.3 Å². The van der Waals surface area contributed by atoms with Gasteiger partial charge in [-0.25, -0.2) is 13.8 Å². The quantitative estimate of drug-likeness (QED) is 0.514. The van der Waals surface area contributed by atoms with E-state index in [1.54, 1.807) is 11.6 Å². The van der Waals surface area contributed by atoms with Crippen molar-refractivity contribution < 1.29 is 13.5 Å². The Balaban J connectivity index is 1.54. The van der Waals surface area contributed by atoms with Crippen LogP contribution in [0.1, 0.15) is 11.1 Å². The Labute approximate surface area is 146 Å². The number of anilines is 2. The average molecular weight is 360 g/mol. The van der Waals surface area contributed by atoms with Crippen molar-refractivity contribution in [1.82, 2.24) is 4.98 Å². The fourth-order valence-electron chi connectivity index (χ4n) is 1.98. The molecule has 0 saturated heterocycles. The monoisotopic (exact) mass is 360 g/mol. The highest BCUT2D eigenvalue weighted by atomic mass is 32.1. The van der Waals surface area contributed by atoms with Crippen molar-refractivity contribution in [2.75, 3.05) is 11.2 Å². The van der Waals surface area contributed by atoms with E-state index in [2.05, 4.69) is 15.5 Å². The molecule has 1 aromatic heterocycles. The summed E-state index contributed by atoms with van der Waals surface area (Å²) in [5, 5.41) is 6.40. The largest absolute Gasteiger partial charge is 0.489 e. The second-order valence-electron chi connectivity index (χ2n) is 5.08. The molecule has 0 radical (unpaired) electrons. The van der Waals surface area contributed by atoms with Gasteiger partial charge < -0.3 is 10.5 Å². The maximum atomic E-state index is 13.1. The first kappa shape index (κ1) is 16.8. The highest BCUT2D eigenvalue weighted by Gasteiger charge is 2.02. The normalized spacial score (nSPS) is 11.0. The maximum absolute atomic E-state index is 13.1. The smallest absolute Gasteiger partial charge is 0.205 e. The molecule has 0 spiro atoms. The van der Waals surface area contributed by atoms with Gasteiger partial charge in [-0.15, -0.1) is 11.3 Å². The third-order valence-corrected chi connectivity index (χ3v) is 3.88. The van der Waals surface area contributed by atoms with Gasteiger partial charge in [-0.2, -0.15) is 5.10 Å². The SMILES string of the molecule is Nc1csc(NN=Cc2ccc(COc3cc(F)cc(F)c3)cc2)n1. The summed E-state index contributed by atoms with van der Waals surface area (Å²) in [7, 11) is 0. The van der Waals surface area contributed by atoms with Crippen molar-refractivity contribution in [1.29, 1.82) is 0 Å². The summed E-state index contributed by atoms with van der Waals surface area (Å²) in [5.41, 5.74) is 10.0. The third-order valence-electron chi connectivity index (χ3n) is 3.12. The topological polar surface area (TPSA) is 72.5 Å². The van der Waals surface area contributed by atoms with Gasteiger partial charge in [0.15, 0.2) is 0 Å². The Bertz CT molecular complexity index is 860. The van der Waals surface area contributed by atoms with Crippen LogP contribution in [-0.4, -0.2) is 11.2 Å². The van der Waals surface area contributed by atoms with E-state index in [-0.39, 0.29) is 12.4 Å². The van der Waals surface area contributed by atoms with E-state index in [0.29, 0.717) is 10.9 Å². The van der Waals surface area contributed by atoms with E-state index in [1.807, 2.05) is 24.3 Å². The van der Waals surface area contributed by atoms with Crippen LogP contribution in [0.5, 0.6) is 5.75 Å². The van der Waals surface area contributed by atoms with Crippen LogP contribution in [0.25, 0.3) is 0 Å². The first-order valence-corrected chi connectivity index (χ1v) is 8.14. The van der Waals surface area contributed by atoms with E-state index in [0.717, 1.165) is 29.3 Å². The van der Waals surface area contributed by atoms with Crippen molar-refractivity contribution in [2.45, 2.75) is 6.61 Å². The van der Waals surface area contributed by atoms with E-state index in [9.17, 15) is 8.78 Å². The molecule has 3 rings (SSSR count). The molecule has 0 aliphatic rings. The molecule has 128 valence electrons. The summed E-state index contributed by atoms with van der Waals surface area (Å²) in [6.07, 6.45) is 1.64. The number of halogens is 2. The van der Waals surface area contributed by atoms with Crippen LogP contribution in [0.4, 0.5) is 19.7 Å². The standard InChI is InChI=1S/C17H14F2N4OS/c18-13-5-14(19)7-15(6-13)24-9-12-3-1-11(2-4-12)8-21-23-17-22-16(20)10-25-17/h1-8,10H,9,20H2,(H,22,23). The van der Waals surface area contributed by atoms with Gasteiger partial charge in [0.2, 0.25) is 5.13 Å². The fraction of sp³-hybridized carbons (Fsp3) is 0.0588. The Morgan fingerprint density at radius 3 is 2.52 bits per heavy atom. The summed E-state index contributed by atoms with van der Waals surface area (Å²) in [6.45, 7) is 0.205. The second-order valence-corrected chi connectivity index (χ2v) is 5.94. The van der Waals surface area contributed by atoms with Crippen LogP contribution in [-0.2, 0) is 6.61 Å². The highest BCUT2D eigenvalue weighted by Crippen LogP contribution is 2.17. The van der Waals surface area contributed by atoms with Crippen LogP contribution >= 0.6 is 11.3 Å². The Morgan fingerprint density at radius 1 is 1.16 bits per heavy atom. The number of nitrogens with two attached hydrogens (primary N) is 1. The lowest BCUT2D eigenvalue weighted by Gasteiger charge is -2.07. The molecule has 1 heterocycles. The minimum Gasteiger partial charge on any atom is -0.489 e. The predicted octanol–water partition coefficient (Wildman–Crippen LogP) is 4.03. The van der Waals surface area contributed by atoms with Crippen molar-refractivity contribution in [2.24, 2.45) is 5.10 Å². The molecule has 0 aliphatic heterocycles. The molecule has 8 heteroatoms. The van der Waals surface area contributed by atoms with Crippen LogP contribution in [0.2, 0.25) is 0 Å².